The highest BCUT2D eigenvalue weighted by Gasteiger charge is 2.67. The van der Waals surface area contributed by atoms with E-state index in [-0.39, 0.29) is 6.61 Å². The first-order valence-corrected chi connectivity index (χ1v) is 10.7. The molecule has 1 saturated carbocycles. The fourth-order valence-electron chi connectivity index (χ4n) is 3.79. The van der Waals surface area contributed by atoms with Crippen LogP contribution in [-0.2, 0) is 47.5 Å². The van der Waals surface area contributed by atoms with Gasteiger partial charge in [0.1, 0.15) is 24.9 Å². The standard InChI is InChI=1S/C12H19NO10S2/c13-24(14,15)19-7-12-10(20-11(23-12)4-2-1-3-5-11)9-8(6-18-12)21-25(16,17)22-9/h8-10H,1-7H2,(H2,13,14,15)/t8-,9-,10+,12+/m1/s1. The molecule has 4 rings (SSSR count). The van der Waals surface area contributed by atoms with E-state index in [9.17, 15) is 16.8 Å². The molecule has 1 spiro atoms. The molecule has 3 aliphatic heterocycles. The van der Waals surface area contributed by atoms with Gasteiger partial charge in [-0.3, -0.25) is 4.18 Å². The van der Waals surface area contributed by atoms with Crippen molar-refractivity contribution in [3.05, 3.63) is 0 Å². The van der Waals surface area contributed by atoms with Crippen LogP contribution < -0.4 is 5.14 Å². The second-order valence-corrected chi connectivity index (χ2v) is 9.02. The third kappa shape index (κ3) is 3.33. The van der Waals surface area contributed by atoms with Crippen molar-refractivity contribution in [1.82, 2.24) is 0 Å². The lowest BCUT2D eigenvalue weighted by Crippen LogP contribution is -2.60. The SMILES string of the molecule is NS(=O)(=O)OC[C@@]12OC[C@H]3OS(=O)(=O)O[C@H]3[C@@H]1OC1(CCCCC1)O2. The van der Waals surface area contributed by atoms with Crippen molar-refractivity contribution in [3.8, 4) is 0 Å². The Morgan fingerprint density at radius 1 is 1.16 bits per heavy atom. The molecule has 0 aromatic carbocycles. The van der Waals surface area contributed by atoms with Gasteiger partial charge in [-0.05, 0) is 12.8 Å². The fourth-order valence-corrected chi connectivity index (χ4v) is 5.13. The number of fused-ring (bicyclic) bond motifs is 3. The van der Waals surface area contributed by atoms with Crippen LogP contribution in [0.25, 0.3) is 0 Å². The van der Waals surface area contributed by atoms with Gasteiger partial charge in [0.2, 0.25) is 5.79 Å². The van der Waals surface area contributed by atoms with Crippen molar-refractivity contribution in [2.75, 3.05) is 13.2 Å². The molecule has 4 fully saturated rings. The van der Waals surface area contributed by atoms with Gasteiger partial charge in [-0.2, -0.15) is 16.8 Å². The largest absolute Gasteiger partial charge is 0.400 e. The summed E-state index contributed by atoms with van der Waals surface area (Å²) >= 11 is 0. The first-order valence-electron chi connectivity index (χ1n) is 7.93. The van der Waals surface area contributed by atoms with Crippen molar-refractivity contribution in [3.63, 3.8) is 0 Å². The van der Waals surface area contributed by atoms with Crippen LogP contribution in [0.1, 0.15) is 32.1 Å². The fraction of sp³-hybridized carbons (Fsp3) is 1.00. The molecule has 25 heavy (non-hydrogen) atoms. The molecular formula is C12H19NO10S2. The smallest absolute Gasteiger partial charge is 0.343 e. The number of ether oxygens (including phenoxy) is 3. The normalized spacial score (nSPS) is 42.2. The van der Waals surface area contributed by atoms with Crippen LogP contribution in [0.5, 0.6) is 0 Å². The van der Waals surface area contributed by atoms with E-state index >= 15 is 0 Å². The predicted molar refractivity (Wildman–Crippen MR) is 78.2 cm³/mol. The zero-order chi connectivity index (χ0) is 17.9. The van der Waals surface area contributed by atoms with Crippen molar-refractivity contribution in [1.29, 1.82) is 0 Å². The average Bonchev–Trinajstić information content (AvgIpc) is 2.99. The van der Waals surface area contributed by atoms with E-state index in [2.05, 4.69) is 4.18 Å². The Labute approximate surface area is 145 Å². The van der Waals surface area contributed by atoms with Gasteiger partial charge < -0.3 is 14.2 Å². The molecule has 144 valence electrons. The number of hydrogen-bond donors (Lipinski definition) is 1. The van der Waals surface area contributed by atoms with E-state index in [4.69, 9.17) is 27.7 Å². The summed E-state index contributed by atoms with van der Waals surface area (Å²) in [6.07, 6.45) is 0.878. The molecule has 0 radical (unpaired) electrons. The molecular weight excluding hydrogens is 382 g/mol. The molecule has 3 saturated heterocycles. The van der Waals surface area contributed by atoms with Gasteiger partial charge in [-0.25, -0.2) is 13.5 Å². The maximum absolute atomic E-state index is 11.6. The quantitative estimate of drug-likeness (QED) is 0.626. The monoisotopic (exact) mass is 401 g/mol. The van der Waals surface area contributed by atoms with Crippen molar-refractivity contribution in [2.24, 2.45) is 5.14 Å². The van der Waals surface area contributed by atoms with Crippen LogP contribution in [0.15, 0.2) is 0 Å². The summed E-state index contributed by atoms with van der Waals surface area (Å²) in [6, 6.07) is 0. The first kappa shape index (κ1) is 18.0. The summed E-state index contributed by atoms with van der Waals surface area (Å²) in [5.74, 6) is -2.65. The van der Waals surface area contributed by atoms with Gasteiger partial charge in [0.05, 0.1) is 6.61 Å². The van der Waals surface area contributed by atoms with E-state index < -0.39 is 57.2 Å². The van der Waals surface area contributed by atoms with Gasteiger partial charge in [0.25, 0.3) is 0 Å². The van der Waals surface area contributed by atoms with E-state index in [0.29, 0.717) is 12.8 Å². The summed E-state index contributed by atoms with van der Waals surface area (Å²) in [5.41, 5.74) is 0. The third-order valence-electron chi connectivity index (χ3n) is 4.80. The predicted octanol–water partition coefficient (Wildman–Crippen LogP) is -0.962. The Bertz CT molecular complexity index is 746. The lowest BCUT2D eigenvalue weighted by molar-refractivity contribution is -0.299. The molecule has 0 aromatic rings. The molecule has 11 nitrogen and oxygen atoms in total. The Morgan fingerprint density at radius 3 is 2.56 bits per heavy atom. The van der Waals surface area contributed by atoms with E-state index in [1.165, 1.54) is 0 Å². The average molecular weight is 401 g/mol. The van der Waals surface area contributed by atoms with Crippen molar-refractivity contribution in [2.45, 2.75) is 62.0 Å². The third-order valence-corrected chi connectivity index (χ3v) is 6.19. The summed E-state index contributed by atoms with van der Waals surface area (Å²) in [6.45, 7) is -0.765. The molecule has 0 unspecified atom stereocenters. The minimum absolute atomic E-state index is 0.187. The highest BCUT2D eigenvalue weighted by molar-refractivity contribution is 7.84. The highest BCUT2D eigenvalue weighted by Crippen LogP contribution is 2.50. The molecule has 2 N–H and O–H groups in total. The summed E-state index contributed by atoms with van der Waals surface area (Å²) < 4.78 is 77.9. The molecule has 13 heteroatoms. The van der Waals surface area contributed by atoms with Gasteiger partial charge in [-0.1, -0.05) is 6.42 Å². The zero-order valence-electron chi connectivity index (χ0n) is 13.2. The number of rotatable bonds is 3. The first-order chi connectivity index (χ1) is 11.6. The van der Waals surface area contributed by atoms with Gasteiger partial charge >= 0.3 is 20.7 Å². The topological polar surface area (TPSA) is 150 Å². The zero-order valence-corrected chi connectivity index (χ0v) is 14.8. The Balaban J connectivity index is 1.66. The maximum atomic E-state index is 11.6. The van der Waals surface area contributed by atoms with Crippen LogP contribution in [0.3, 0.4) is 0 Å². The van der Waals surface area contributed by atoms with Crippen molar-refractivity contribution < 1.29 is 43.6 Å². The molecule has 0 aromatic heterocycles. The molecule has 4 aliphatic rings. The summed E-state index contributed by atoms with van der Waals surface area (Å²) in [7, 11) is -8.44. The lowest BCUT2D eigenvalue weighted by Gasteiger charge is -2.39. The van der Waals surface area contributed by atoms with Crippen LogP contribution >= 0.6 is 0 Å². The Hall–Kier alpha value is -0.380. The molecule has 3 heterocycles. The molecule has 0 bridgehead atoms. The maximum Gasteiger partial charge on any atom is 0.400 e. The van der Waals surface area contributed by atoms with E-state index in [1.54, 1.807) is 0 Å². The van der Waals surface area contributed by atoms with E-state index in [1.807, 2.05) is 0 Å². The van der Waals surface area contributed by atoms with Gasteiger partial charge in [-0.15, -0.1) is 0 Å². The van der Waals surface area contributed by atoms with Crippen LogP contribution in [-0.4, -0.2) is 59.9 Å². The minimum Gasteiger partial charge on any atom is -0.343 e. The number of hydrogen-bond acceptors (Lipinski definition) is 10. The van der Waals surface area contributed by atoms with Gasteiger partial charge in [0.15, 0.2) is 5.79 Å². The highest BCUT2D eigenvalue weighted by atomic mass is 32.3. The number of nitrogens with two attached hydrogens (primary N) is 1. The Morgan fingerprint density at radius 2 is 1.88 bits per heavy atom. The molecule has 1 aliphatic carbocycles. The van der Waals surface area contributed by atoms with Crippen molar-refractivity contribution >= 4 is 20.7 Å². The van der Waals surface area contributed by atoms with Crippen LogP contribution in [0.2, 0.25) is 0 Å². The lowest BCUT2D eigenvalue weighted by atomic mass is 9.94. The summed E-state index contributed by atoms with van der Waals surface area (Å²) in [4.78, 5) is 0. The molecule has 4 atom stereocenters. The summed E-state index contributed by atoms with van der Waals surface area (Å²) in [5, 5.41) is 4.90. The van der Waals surface area contributed by atoms with E-state index in [0.717, 1.165) is 19.3 Å². The Kier molecular flexibility index (Phi) is 4.18. The van der Waals surface area contributed by atoms with Gasteiger partial charge in [0, 0.05) is 12.8 Å². The van der Waals surface area contributed by atoms with Crippen LogP contribution in [0.4, 0.5) is 0 Å². The second kappa shape index (κ2) is 5.81. The molecule has 0 amide bonds. The van der Waals surface area contributed by atoms with Crippen LogP contribution in [0, 0.1) is 0 Å². The minimum atomic E-state index is -4.26. The second-order valence-electron chi connectivity index (χ2n) is 6.59.